The molecule has 2 rings (SSSR count). The van der Waals surface area contributed by atoms with Crippen LogP contribution in [0.4, 0.5) is 4.79 Å². The highest BCUT2D eigenvalue weighted by atomic mass is 32.1. The number of amides is 2. The molecule has 2 N–H and O–H groups in total. The molecule has 1 aromatic carbocycles. The molecule has 1 aromatic heterocycles. The van der Waals surface area contributed by atoms with E-state index in [9.17, 15) is 4.79 Å². The minimum absolute atomic E-state index is 0.0151. The number of benzene rings is 1. The number of rotatable bonds is 5. The van der Waals surface area contributed by atoms with Crippen LogP contribution in [0.2, 0.25) is 0 Å². The summed E-state index contributed by atoms with van der Waals surface area (Å²) in [7, 11) is 1.61. The summed E-state index contributed by atoms with van der Waals surface area (Å²) < 4.78 is 6.13. The second-order valence-electron chi connectivity index (χ2n) is 4.30. The first kappa shape index (κ1) is 13.8. The van der Waals surface area contributed by atoms with E-state index in [4.69, 9.17) is 4.74 Å². The lowest BCUT2D eigenvalue weighted by molar-refractivity contribution is 0.195. The van der Waals surface area contributed by atoms with Crippen LogP contribution in [0.15, 0.2) is 29.6 Å². The summed E-state index contributed by atoms with van der Waals surface area (Å²) in [6, 6.07) is 8.04. The van der Waals surface area contributed by atoms with Crippen LogP contribution in [-0.2, 0) is 4.74 Å². The van der Waals surface area contributed by atoms with Gasteiger partial charge in [0.1, 0.15) is 0 Å². The van der Waals surface area contributed by atoms with Crippen molar-refractivity contribution >= 4 is 27.5 Å². The van der Waals surface area contributed by atoms with E-state index in [0.717, 1.165) is 5.56 Å². The van der Waals surface area contributed by atoms with Gasteiger partial charge < -0.3 is 15.4 Å². The van der Waals surface area contributed by atoms with Gasteiger partial charge in [-0.1, -0.05) is 18.2 Å². The minimum Gasteiger partial charge on any atom is -0.383 e. The molecule has 19 heavy (non-hydrogen) atoms. The predicted octanol–water partition coefficient (Wildman–Crippen LogP) is 2.91. The van der Waals surface area contributed by atoms with Crippen LogP contribution in [-0.4, -0.2) is 26.3 Å². The quantitative estimate of drug-likeness (QED) is 0.826. The molecule has 0 fully saturated rings. The largest absolute Gasteiger partial charge is 0.383 e. The zero-order valence-electron chi connectivity index (χ0n) is 11.1. The third kappa shape index (κ3) is 3.45. The fraction of sp³-hybridized carbons (Fsp3) is 0.357. The molecule has 0 aliphatic rings. The number of fused-ring (bicyclic) bond motifs is 1. The van der Waals surface area contributed by atoms with Gasteiger partial charge in [-0.2, -0.15) is 0 Å². The van der Waals surface area contributed by atoms with Gasteiger partial charge in [0.25, 0.3) is 0 Å². The van der Waals surface area contributed by atoms with Gasteiger partial charge in [-0.25, -0.2) is 4.79 Å². The van der Waals surface area contributed by atoms with Gasteiger partial charge >= 0.3 is 6.03 Å². The number of thiophene rings is 1. The Hall–Kier alpha value is -1.59. The van der Waals surface area contributed by atoms with Gasteiger partial charge in [-0.3, -0.25) is 0 Å². The fourth-order valence-corrected chi connectivity index (χ4v) is 2.98. The van der Waals surface area contributed by atoms with E-state index in [2.05, 4.69) is 28.1 Å². The third-order valence-electron chi connectivity index (χ3n) is 2.92. The molecule has 5 heteroatoms. The van der Waals surface area contributed by atoms with Crippen LogP contribution in [0.5, 0.6) is 0 Å². The van der Waals surface area contributed by atoms with E-state index in [1.54, 1.807) is 18.4 Å². The molecule has 0 aliphatic carbocycles. The van der Waals surface area contributed by atoms with E-state index in [-0.39, 0.29) is 12.1 Å². The molecule has 2 amide bonds. The fourth-order valence-electron chi connectivity index (χ4n) is 1.93. The molecule has 1 heterocycles. The summed E-state index contributed by atoms with van der Waals surface area (Å²) in [5.41, 5.74) is 1.16. The molecule has 0 radical (unpaired) electrons. The Morgan fingerprint density at radius 2 is 2.21 bits per heavy atom. The van der Waals surface area contributed by atoms with Crippen LogP contribution < -0.4 is 10.6 Å². The lowest BCUT2D eigenvalue weighted by Crippen LogP contribution is -2.38. The number of urea groups is 1. The maximum absolute atomic E-state index is 11.7. The number of methoxy groups -OCH3 is 1. The molecule has 4 nitrogen and oxygen atoms in total. The van der Waals surface area contributed by atoms with Gasteiger partial charge in [-0.15, -0.1) is 11.3 Å². The van der Waals surface area contributed by atoms with Gasteiger partial charge in [0.15, 0.2) is 0 Å². The molecule has 0 saturated heterocycles. The summed E-state index contributed by atoms with van der Waals surface area (Å²) in [6.07, 6.45) is 0. The van der Waals surface area contributed by atoms with Crippen LogP contribution in [0.25, 0.3) is 10.1 Å². The number of carbonyl (C=O) groups is 1. The monoisotopic (exact) mass is 278 g/mol. The van der Waals surface area contributed by atoms with Crippen LogP contribution in [0, 0.1) is 0 Å². The Labute approximate surface area is 116 Å². The van der Waals surface area contributed by atoms with Crippen molar-refractivity contribution in [3.8, 4) is 0 Å². The molecular formula is C14H18N2O2S. The summed E-state index contributed by atoms with van der Waals surface area (Å²) >= 11 is 1.70. The SMILES string of the molecule is COCCNC(=O)NC(C)c1csc2ccccc12. The molecule has 0 spiro atoms. The Morgan fingerprint density at radius 3 is 3.00 bits per heavy atom. The zero-order chi connectivity index (χ0) is 13.7. The van der Waals surface area contributed by atoms with Crippen molar-refractivity contribution in [1.82, 2.24) is 10.6 Å². The first-order valence-electron chi connectivity index (χ1n) is 6.22. The summed E-state index contributed by atoms with van der Waals surface area (Å²) in [5.74, 6) is 0. The van der Waals surface area contributed by atoms with Crippen LogP contribution >= 0.6 is 11.3 Å². The van der Waals surface area contributed by atoms with Crippen LogP contribution in [0.1, 0.15) is 18.5 Å². The maximum Gasteiger partial charge on any atom is 0.315 e. The van der Waals surface area contributed by atoms with E-state index in [0.29, 0.717) is 13.2 Å². The van der Waals surface area contributed by atoms with Gasteiger partial charge in [0.05, 0.1) is 12.6 Å². The van der Waals surface area contributed by atoms with Crippen molar-refractivity contribution in [2.75, 3.05) is 20.3 Å². The van der Waals surface area contributed by atoms with Crippen molar-refractivity contribution in [2.24, 2.45) is 0 Å². The maximum atomic E-state index is 11.7. The molecule has 102 valence electrons. The first-order chi connectivity index (χ1) is 9.22. The van der Waals surface area contributed by atoms with Crippen molar-refractivity contribution in [3.63, 3.8) is 0 Å². The minimum atomic E-state index is -0.167. The zero-order valence-corrected chi connectivity index (χ0v) is 11.9. The Balaban J connectivity index is 1.99. The molecule has 1 atom stereocenters. The molecular weight excluding hydrogens is 260 g/mol. The summed E-state index contributed by atoms with van der Waals surface area (Å²) in [5, 5.41) is 8.99. The van der Waals surface area contributed by atoms with Gasteiger partial charge in [-0.05, 0) is 29.3 Å². The van der Waals surface area contributed by atoms with Gasteiger partial charge in [0, 0.05) is 18.4 Å². The molecule has 0 saturated carbocycles. The molecule has 0 aliphatic heterocycles. The standard InChI is InChI=1S/C14H18N2O2S/c1-10(16-14(17)15-7-8-18-2)12-9-19-13-6-4-3-5-11(12)13/h3-6,9-10H,7-8H2,1-2H3,(H2,15,16,17). The van der Waals surface area contributed by atoms with Crippen molar-refractivity contribution < 1.29 is 9.53 Å². The second-order valence-corrected chi connectivity index (χ2v) is 5.21. The lowest BCUT2D eigenvalue weighted by atomic mass is 10.1. The Morgan fingerprint density at radius 1 is 1.42 bits per heavy atom. The average Bonchev–Trinajstić information content (AvgIpc) is 2.83. The smallest absolute Gasteiger partial charge is 0.315 e. The third-order valence-corrected chi connectivity index (χ3v) is 3.90. The molecule has 2 aromatic rings. The predicted molar refractivity (Wildman–Crippen MR) is 78.7 cm³/mol. The first-order valence-corrected chi connectivity index (χ1v) is 7.09. The number of nitrogens with one attached hydrogen (secondary N) is 2. The van der Waals surface area contributed by atoms with Gasteiger partial charge in [0.2, 0.25) is 0 Å². The van der Waals surface area contributed by atoms with Crippen molar-refractivity contribution in [1.29, 1.82) is 0 Å². The van der Waals surface area contributed by atoms with Crippen molar-refractivity contribution in [3.05, 3.63) is 35.2 Å². The van der Waals surface area contributed by atoms with E-state index < -0.39 is 0 Å². The number of ether oxygens (including phenoxy) is 1. The molecule has 1 unspecified atom stereocenters. The van der Waals surface area contributed by atoms with Crippen LogP contribution in [0.3, 0.4) is 0 Å². The number of hydrogen-bond acceptors (Lipinski definition) is 3. The number of hydrogen-bond donors (Lipinski definition) is 2. The van der Waals surface area contributed by atoms with E-state index >= 15 is 0 Å². The average molecular weight is 278 g/mol. The lowest BCUT2D eigenvalue weighted by Gasteiger charge is -2.14. The van der Waals surface area contributed by atoms with E-state index in [1.165, 1.54) is 10.1 Å². The summed E-state index contributed by atoms with van der Waals surface area (Å²) in [6.45, 7) is 3.02. The van der Waals surface area contributed by atoms with E-state index in [1.807, 2.05) is 19.1 Å². The topological polar surface area (TPSA) is 50.4 Å². The normalized spacial score (nSPS) is 12.3. The highest BCUT2D eigenvalue weighted by Crippen LogP contribution is 2.29. The Bertz CT molecular complexity index is 553. The highest BCUT2D eigenvalue weighted by molar-refractivity contribution is 7.17. The Kier molecular flexibility index (Phi) is 4.76. The summed E-state index contributed by atoms with van der Waals surface area (Å²) in [4.78, 5) is 11.7. The number of carbonyl (C=O) groups excluding carboxylic acids is 1. The molecule has 0 bridgehead atoms. The highest BCUT2D eigenvalue weighted by Gasteiger charge is 2.13. The second kappa shape index (κ2) is 6.54. The van der Waals surface area contributed by atoms with Crippen molar-refractivity contribution in [2.45, 2.75) is 13.0 Å².